The van der Waals surface area contributed by atoms with Crippen LogP contribution in [0.2, 0.25) is 5.02 Å². The molecular formula is C28H39ClN4O. The van der Waals surface area contributed by atoms with Gasteiger partial charge >= 0.3 is 0 Å². The van der Waals surface area contributed by atoms with Crippen molar-refractivity contribution in [3.05, 3.63) is 76.5 Å². The van der Waals surface area contributed by atoms with E-state index >= 15 is 0 Å². The molecule has 5 nitrogen and oxygen atoms in total. The fourth-order valence-electron chi connectivity index (χ4n) is 6.29. The summed E-state index contributed by atoms with van der Waals surface area (Å²) in [5, 5.41) is 24.0. The quantitative estimate of drug-likeness (QED) is 0.444. The molecule has 1 saturated heterocycles. The summed E-state index contributed by atoms with van der Waals surface area (Å²) in [6.45, 7) is 12.8. The van der Waals surface area contributed by atoms with Crippen molar-refractivity contribution in [1.82, 2.24) is 5.32 Å². The standard InChI is InChI=1S/C25H28ClN3O.C2H6.CH5N/c1-4-24-12-11-22(21-10-9-20(30)13-17(21)14-27)25(28,18-5-7-19(26)8-6-18)23(24)15(2)29-16(24)3;2*1-2/h5-10,13,15,22-23,29-30H,3-4,11-12,28H2,1-2H3;1-2H3;2H2,1H3. The minimum atomic E-state index is -0.729. The lowest BCUT2D eigenvalue weighted by Gasteiger charge is -2.55. The molecule has 34 heavy (non-hydrogen) atoms. The molecule has 5 atom stereocenters. The lowest BCUT2D eigenvalue weighted by atomic mass is 9.50. The van der Waals surface area contributed by atoms with Crippen LogP contribution in [0.25, 0.3) is 0 Å². The second kappa shape index (κ2) is 11.3. The largest absolute Gasteiger partial charge is 0.508 e. The van der Waals surface area contributed by atoms with Gasteiger partial charge in [0.2, 0.25) is 0 Å². The average Bonchev–Trinajstić information content (AvgIpc) is 3.13. The molecule has 0 aromatic heterocycles. The van der Waals surface area contributed by atoms with Gasteiger partial charge in [-0.3, -0.25) is 0 Å². The highest BCUT2D eigenvalue weighted by Crippen LogP contribution is 2.63. The highest BCUT2D eigenvalue weighted by Gasteiger charge is 2.62. The lowest BCUT2D eigenvalue weighted by Crippen LogP contribution is -2.59. The lowest BCUT2D eigenvalue weighted by molar-refractivity contribution is 0.0383. The number of allylic oxidation sites excluding steroid dienone is 1. The first kappa shape index (κ1) is 27.7. The van der Waals surface area contributed by atoms with Crippen LogP contribution in [0.5, 0.6) is 5.75 Å². The molecule has 1 heterocycles. The first-order valence-corrected chi connectivity index (χ1v) is 12.5. The molecule has 0 amide bonds. The molecule has 2 aliphatic rings. The predicted octanol–water partition coefficient (Wildman–Crippen LogP) is 5.77. The van der Waals surface area contributed by atoms with E-state index in [0.717, 1.165) is 36.1 Å². The summed E-state index contributed by atoms with van der Waals surface area (Å²) in [6, 6.07) is 15.2. The zero-order valence-corrected chi connectivity index (χ0v) is 21.8. The van der Waals surface area contributed by atoms with E-state index in [1.807, 2.05) is 44.2 Å². The van der Waals surface area contributed by atoms with Crippen molar-refractivity contribution in [1.29, 1.82) is 5.26 Å². The number of nitriles is 1. The maximum absolute atomic E-state index is 9.93. The van der Waals surface area contributed by atoms with Crippen LogP contribution in [-0.4, -0.2) is 18.2 Å². The van der Waals surface area contributed by atoms with Gasteiger partial charge in [-0.05, 0) is 68.6 Å². The molecule has 6 heteroatoms. The van der Waals surface area contributed by atoms with Crippen molar-refractivity contribution in [3.8, 4) is 11.8 Å². The van der Waals surface area contributed by atoms with Crippen LogP contribution in [-0.2, 0) is 5.54 Å². The third-order valence-corrected chi connectivity index (χ3v) is 7.83. The minimum Gasteiger partial charge on any atom is -0.508 e. The molecule has 2 aromatic carbocycles. The van der Waals surface area contributed by atoms with Crippen molar-refractivity contribution in [2.45, 2.75) is 64.5 Å². The van der Waals surface area contributed by atoms with E-state index < -0.39 is 5.54 Å². The third kappa shape index (κ3) is 4.43. The minimum absolute atomic E-state index is 0.0752. The van der Waals surface area contributed by atoms with E-state index in [0.29, 0.717) is 10.6 Å². The topological polar surface area (TPSA) is 108 Å². The van der Waals surface area contributed by atoms with Crippen LogP contribution in [0.15, 0.2) is 54.7 Å². The molecule has 1 aliphatic heterocycles. The summed E-state index contributed by atoms with van der Waals surface area (Å²) in [5.74, 6) is 0.115. The maximum Gasteiger partial charge on any atom is 0.116 e. The Kier molecular flexibility index (Phi) is 9.19. The number of nitrogens with zero attached hydrogens (tertiary/aromatic N) is 1. The maximum atomic E-state index is 9.93. The van der Waals surface area contributed by atoms with Gasteiger partial charge in [0.05, 0.1) is 17.2 Å². The number of phenols is 1. The van der Waals surface area contributed by atoms with Gasteiger partial charge in [-0.25, -0.2) is 0 Å². The summed E-state index contributed by atoms with van der Waals surface area (Å²) in [7, 11) is 1.50. The number of hydrogen-bond donors (Lipinski definition) is 4. The average molecular weight is 483 g/mol. The zero-order valence-electron chi connectivity index (χ0n) is 21.0. The van der Waals surface area contributed by atoms with Crippen molar-refractivity contribution in [2.75, 3.05) is 7.05 Å². The Labute approximate surface area is 209 Å². The first-order chi connectivity index (χ1) is 16.3. The second-order valence-corrected chi connectivity index (χ2v) is 9.25. The Morgan fingerprint density at radius 2 is 1.82 bits per heavy atom. The van der Waals surface area contributed by atoms with Crippen molar-refractivity contribution in [3.63, 3.8) is 0 Å². The second-order valence-electron chi connectivity index (χ2n) is 8.81. The first-order valence-electron chi connectivity index (χ1n) is 12.1. The molecular weight excluding hydrogens is 444 g/mol. The van der Waals surface area contributed by atoms with Crippen LogP contribution in [0.1, 0.15) is 69.6 Å². The van der Waals surface area contributed by atoms with Gasteiger partial charge in [0.15, 0.2) is 0 Å². The van der Waals surface area contributed by atoms with E-state index in [9.17, 15) is 10.4 Å². The summed E-state index contributed by atoms with van der Waals surface area (Å²) < 4.78 is 0. The molecule has 1 aliphatic carbocycles. The number of halogens is 1. The van der Waals surface area contributed by atoms with E-state index in [-0.39, 0.29) is 29.0 Å². The van der Waals surface area contributed by atoms with E-state index in [2.05, 4.69) is 37.5 Å². The number of fused-ring (bicyclic) bond motifs is 1. The number of hydrogen-bond acceptors (Lipinski definition) is 5. The molecule has 0 bridgehead atoms. The summed E-state index contributed by atoms with van der Waals surface area (Å²) in [4.78, 5) is 0. The van der Waals surface area contributed by atoms with Crippen LogP contribution >= 0.6 is 11.6 Å². The van der Waals surface area contributed by atoms with E-state index in [1.54, 1.807) is 6.07 Å². The zero-order chi connectivity index (χ0) is 25.7. The monoisotopic (exact) mass is 482 g/mol. The van der Waals surface area contributed by atoms with Gasteiger partial charge in [-0.15, -0.1) is 0 Å². The molecule has 0 spiro atoms. The van der Waals surface area contributed by atoms with Crippen LogP contribution in [0, 0.1) is 22.7 Å². The Bertz CT molecular complexity index is 1030. The Morgan fingerprint density at radius 3 is 2.38 bits per heavy atom. The Hall–Kier alpha value is -2.52. The smallest absolute Gasteiger partial charge is 0.116 e. The molecule has 2 aromatic rings. The van der Waals surface area contributed by atoms with Crippen LogP contribution in [0.4, 0.5) is 0 Å². The number of nitrogens with two attached hydrogens (primary N) is 2. The fraction of sp³-hybridized carbons (Fsp3) is 0.464. The molecule has 1 saturated carbocycles. The van der Waals surface area contributed by atoms with Crippen LogP contribution in [0.3, 0.4) is 0 Å². The van der Waals surface area contributed by atoms with Gasteiger partial charge in [0.1, 0.15) is 5.75 Å². The summed E-state index contributed by atoms with van der Waals surface area (Å²) >= 11 is 6.19. The van der Waals surface area contributed by atoms with E-state index in [1.165, 1.54) is 13.1 Å². The molecule has 184 valence electrons. The van der Waals surface area contributed by atoms with Gasteiger partial charge in [0.25, 0.3) is 0 Å². The predicted molar refractivity (Wildman–Crippen MR) is 142 cm³/mol. The Balaban J connectivity index is 0.000000970. The normalized spacial score (nSPS) is 29.4. The highest BCUT2D eigenvalue weighted by molar-refractivity contribution is 6.30. The van der Waals surface area contributed by atoms with Crippen molar-refractivity contribution in [2.24, 2.45) is 22.8 Å². The number of phenolic OH excluding ortho intramolecular Hbond substituents is 1. The summed E-state index contributed by atoms with van der Waals surface area (Å²) in [6.07, 6.45) is 2.73. The van der Waals surface area contributed by atoms with Gasteiger partial charge in [-0.2, -0.15) is 5.26 Å². The van der Waals surface area contributed by atoms with E-state index in [4.69, 9.17) is 17.3 Å². The number of aromatic hydroxyl groups is 1. The van der Waals surface area contributed by atoms with Gasteiger partial charge in [-0.1, -0.05) is 57.2 Å². The summed E-state index contributed by atoms with van der Waals surface area (Å²) in [5.41, 5.74) is 14.6. The third-order valence-electron chi connectivity index (χ3n) is 7.58. The number of benzene rings is 2. The highest BCUT2D eigenvalue weighted by atomic mass is 35.5. The van der Waals surface area contributed by atoms with Gasteiger partial charge in [0, 0.05) is 34.0 Å². The molecule has 5 unspecified atom stereocenters. The van der Waals surface area contributed by atoms with Gasteiger partial charge < -0.3 is 21.9 Å². The Morgan fingerprint density at radius 1 is 1.21 bits per heavy atom. The molecule has 6 N–H and O–H groups in total. The van der Waals surface area contributed by atoms with Crippen LogP contribution < -0.4 is 16.8 Å². The fourth-order valence-corrected chi connectivity index (χ4v) is 6.42. The van der Waals surface area contributed by atoms with Crippen molar-refractivity contribution < 1.29 is 5.11 Å². The number of nitrogens with one attached hydrogen (secondary N) is 1. The molecule has 0 radical (unpaired) electrons. The SMILES string of the molecule is C=C1NC(C)C2C1(CC)CCC(c1ccc(O)cc1C#N)C2(N)c1ccc(Cl)cc1.CC.CN. The number of rotatable bonds is 3. The molecule has 2 fully saturated rings. The van der Waals surface area contributed by atoms with Crippen molar-refractivity contribution >= 4 is 11.6 Å². The molecule has 4 rings (SSSR count).